The summed E-state index contributed by atoms with van der Waals surface area (Å²) in [6.07, 6.45) is 14.1. The topological polar surface area (TPSA) is 16.4 Å². The van der Waals surface area contributed by atoms with E-state index in [1.54, 1.807) is 22.3 Å². The first-order valence-electron chi connectivity index (χ1n) is 22.8. The molecule has 1 heterocycles. The summed E-state index contributed by atoms with van der Waals surface area (Å²) < 4.78 is 6.43. The van der Waals surface area contributed by atoms with Crippen molar-refractivity contribution in [1.82, 2.24) is 0 Å². The smallest absolute Gasteiger partial charge is 0.135 e. The van der Waals surface area contributed by atoms with Gasteiger partial charge in [0.15, 0.2) is 0 Å². The zero-order chi connectivity index (χ0) is 37.5. The molecule has 2 spiro atoms. The lowest BCUT2D eigenvalue weighted by Crippen LogP contribution is -2.55. The molecule has 0 radical (unpaired) electrons. The molecule has 284 valence electrons. The van der Waals surface area contributed by atoms with Gasteiger partial charge in [-0.05, 0) is 205 Å². The minimum atomic E-state index is 0.121. The van der Waals surface area contributed by atoms with E-state index in [9.17, 15) is 0 Å². The average Bonchev–Trinajstić information content (AvgIpc) is 3.86. The Morgan fingerprint density at radius 2 is 0.776 bits per heavy atom. The zero-order valence-electron chi connectivity index (χ0n) is 33.2. The Labute approximate surface area is 341 Å². The molecule has 58 heavy (non-hydrogen) atoms. The van der Waals surface area contributed by atoms with Crippen molar-refractivity contribution in [3.05, 3.63) is 150 Å². The molecule has 0 N–H and O–H groups in total. The van der Waals surface area contributed by atoms with Gasteiger partial charge in [-0.15, -0.1) is 0 Å². The molecular weight excluding hydrogens is 703 g/mol. The molecule has 17 rings (SSSR count). The number of fused-ring (bicyclic) bond motifs is 9. The number of hydrogen-bond donors (Lipinski definition) is 0. The number of para-hydroxylation sites is 1. The Balaban J connectivity index is 0.970. The summed E-state index contributed by atoms with van der Waals surface area (Å²) in [6, 6.07) is 50.0. The van der Waals surface area contributed by atoms with Gasteiger partial charge in [-0.25, -0.2) is 0 Å². The summed E-state index contributed by atoms with van der Waals surface area (Å²) in [4.78, 5) is 2.64. The molecule has 8 bridgehead atoms. The molecule has 10 aliphatic carbocycles. The SMILES string of the molecule is c1ccc2c(c1)-c1ccc(N(c3ccc4c(c3)C3(c5ccccc5-4)C4CC5CC(C4)CC3C5)c3ccc4oc5ccccc5c4c3)cc1C21C2CC3CC(C2)CC1C3. The van der Waals surface area contributed by atoms with Crippen LogP contribution in [0.3, 0.4) is 0 Å². The van der Waals surface area contributed by atoms with Gasteiger partial charge in [0.25, 0.3) is 0 Å². The fraction of sp³-hybridized carbons (Fsp3) is 0.357. The third kappa shape index (κ3) is 3.79. The molecule has 7 aromatic rings. The number of benzene rings is 6. The Morgan fingerprint density at radius 1 is 0.362 bits per heavy atom. The molecule has 8 fully saturated rings. The van der Waals surface area contributed by atoms with Crippen LogP contribution in [0.1, 0.15) is 86.5 Å². The summed E-state index contributed by atoms with van der Waals surface area (Å²) in [5.74, 6) is 6.64. The summed E-state index contributed by atoms with van der Waals surface area (Å²) in [5.41, 5.74) is 18.4. The van der Waals surface area contributed by atoms with Crippen molar-refractivity contribution in [2.24, 2.45) is 47.3 Å². The number of furan rings is 1. The highest BCUT2D eigenvalue weighted by Crippen LogP contribution is 2.71. The molecule has 10 aliphatic rings. The van der Waals surface area contributed by atoms with Crippen LogP contribution >= 0.6 is 0 Å². The van der Waals surface area contributed by atoms with Crippen LogP contribution in [0.4, 0.5) is 17.1 Å². The van der Waals surface area contributed by atoms with Crippen LogP contribution in [0, 0.1) is 47.3 Å². The maximum atomic E-state index is 6.43. The van der Waals surface area contributed by atoms with Crippen LogP contribution in [0.15, 0.2) is 132 Å². The van der Waals surface area contributed by atoms with E-state index in [1.807, 2.05) is 0 Å². The number of rotatable bonds is 3. The first kappa shape index (κ1) is 31.9. The molecule has 0 atom stereocenters. The number of hydrogen-bond acceptors (Lipinski definition) is 2. The second kappa shape index (κ2) is 10.9. The van der Waals surface area contributed by atoms with Crippen molar-refractivity contribution in [1.29, 1.82) is 0 Å². The van der Waals surface area contributed by atoms with Gasteiger partial charge < -0.3 is 9.32 Å². The van der Waals surface area contributed by atoms with Crippen LogP contribution in [0.25, 0.3) is 44.2 Å². The summed E-state index contributed by atoms with van der Waals surface area (Å²) >= 11 is 0. The highest BCUT2D eigenvalue weighted by Gasteiger charge is 2.63. The monoisotopic (exact) mass is 751 g/mol. The third-order valence-electron chi connectivity index (χ3n) is 18.2. The lowest BCUT2D eigenvalue weighted by molar-refractivity contribution is -0.0399. The van der Waals surface area contributed by atoms with E-state index in [0.29, 0.717) is 0 Å². The van der Waals surface area contributed by atoms with Gasteiger partial charge in [0.1, 0.15) is 11.2 Å². The van der Waals surface area contributed by atoms with Gasteiger partial charge in [-0.2, -0.15) is 0 Å². The first-order chi connectivity index (χ1) is 28.6. The minimum absolute atomic E-state index is 0.121. The third-order valence-corrected chi connectivity index (χ3v) is 18.2. The van der Waals surface area contributed by atoms with E-state index < -0.39 is 0 Å². The second-order valence-corrected chi connectivity index (χ2v) is 20.5. The van der Waals surface area contributed by atoms with Gasteiger partial charge in [-0.1, -0.05) is 78.9 Å². The van der Waals surface area contributed by atoms with Crippen LogP contribution in [-0.2, 0) is 10.8 Å². The normalized spacial score (nSPS) is 33.7. The molecule has 8 saturated carbocycles. The van der Waals surface area contributed by atoms with Crippen molar-refractivity contribution in [3.8, 4) is 22.3 Å². The van der Waals surface area contributed by atoms with Crippen molar-refractivity contribution in [3.63, 3.8) is 0 Å². The molecule has 2 nitrogen and oxygen atoms in total. The molecule has 0 aliphatic heterocycles. The molecular formula is C56H49NO. The standard InChI is InChI=1S/C56H49NO/c1-4-10-49-43(7-1)45-16-13-41(30-51(45)55(49)36-21-32-19-33(23-36)24-37(55)22-32)57(40-15-18-54-48(29-40)47-9-3-6-12-53(47)58-54)42-14-17-46-44-8-2-5-11-50(44)56(52(46)31-42)38-25-34-20-35(27-38)28-39(56)26-34/h1-18,29-39H,19-28H2. The molecule has 0 unspecified atom stereocenters. The van der Waals surface area contributed by atoms with Crippen molar-refractivity contribution >= 4 is 39.0 Å². The maximum absolute atomic E-state index is 6.43. The van der Waals surface area contributed by atoms with Crippen molar-refractivity contribution < 1.29 is 4.42 Å². The van der Waals surface area contributed by atoms with E-state index >= 15 is 0 Å². The van der Waals surface area contributed by atoms with Crippen molar-refractivity contribution in [2.45, 2.75) is 75.0 Å². The van der Waals surface area contributed by atoms with Gasteiger partial charge in [0.2, 0.25) is 0 Å². The predicted molar refractivity (Wildman–Crippen MR) is 235 cm³/mol. The van der Waals surface area contributed by atoms with Gasteiger partial charge in [-0.3, -0.25) is 0 Å². The van der Waals surface area contributed by atoms with Gasteiger partial charge in [0, 0.05) is 38.7 Å². The quantitative estimate of drug-likeness (QED) is 0.179. The fourth-order valence-corrected chi connectivity index (χ4v) is 16.9. The maximum Gasteiger partial charge on any atom is 0.135 e. The Kier molecular flexibility index (Phi) is 6.01. The lowest BCUT2D eigenvalue weighted by atomic mass is 9.43. The van der Waals surface area contributed by atoms with Crippen LogP contribution < -0.4 is 4.90 Å². The summed E-state index contributed by atoms with van der Waals surface area (Å²) in [5, 5.41) is 2.38. The summed E-state index contributed by atoms with van der Waals surface area (Å²) in [6.45, 7) is 0. The zero-order valence-corrected chi connectivity index (χ0v) is 33.2. The first-order valence-corrected chi connectivity index (χ1v) is 22.8. The lowest BCUT2D eigenvalue weighted by Gasteiger charge is -2.61. The predicted octanol–water partition coefficient (Wildman–Crippen LogP) is 14.5. The van der Waals surface area contributed by atoms with E-state index in [4.69, 9.17) is 4.42 Å². The van der Waals surface area contributed by atoms with E-state index in [0.717, 1.165) is 58.5 Å². The highest BCUT2D eigenvalue weighted by atomic mass is 16.3. The fourth-order valence-electron chi connectivity index (χ4n) is 16.9. The Morgan fingerprint density at radius 3 is 1.31 bits per heavy atom. The summed E-state index contributed by atoms with van der Waals surface area (Å²) in [7, 11) is 0. The second-order valence-electron chi connectivity index (χ2n) is 20.5. The van der Waals surface area contributed by atoms with Gasteiger partial charge >= 0.3 is 0 Å². The number of nitrogens with zero attached hydrogens (tertiary/aromatic N) is 1. The molecule has 6 aromatic carbocycles. The van der Waals surface area contributed by atoms with E-state index in [-0.39, 0.29) is 10.8 Å². The van der Waals surface area contributed by atoms with Crippen LogP contribution in [0.2, 0.25) is 0 Å². The number of anilines is 3. The Bertz CT molecular complexity index is 2710. The van der Waals surface area contributed by atoms with E-state index in [1.165, 1.54) is 114 Å². The van der Waals surface area contributed by atoms with Gasteiger partial charge in [0.05, 0.1) is 0 Å². The van der Waals surface area contributed by atoms with E-state index in [2.05, 4.69) is 132 Å². The largest absolute Gasteiger partial charge is 0.456 e. The van der Waals surface area contributed by atoms with Crippen LogP contribution in [0.5, 0.6) is 0 Å². The van der Waals surface area contributed by atoms with Crippen LogP contribution in [-0.4, -0.2) is 0 Å². The molecule has 1 aromatic heterocycles. The Hall–Kier alpha value is -5.08. The molecule has 2 heteroatoms. The minimum Gasteiger partial charge on any atom is -0.456 e. The highest BCUT2D eigenvalue weighted by molar-refractivity contribution is 6.06. The van der Waals surface area contributed by atoms with Crippen molar-refractivity contribution in [2.75, 3.05) is 4.90 Å². The average molecular weight is 752 g/mol. The molecule has 0 amide bonds. The molecule has 0 saturated heterocycles.